The zero-order valence-electron chi connectivity index (χ0n) is 17.1. The molecule has 0 saturated carbocycles. The summed E-state index contributed by atoms with van der Waals surface area (Å²) in [6.07, 6.45) is 0. The van der Waals surface area contributed by atoms with Gasteiger partial charge in [0, 0.05) is 32.7 Å². The van der Waals surface area contributed by atoms with Gasteiger partial charge in [-0.25, -0.2) is 8.42 Å². The average Bonchev–Trinajstić information content (AvgIpc) is 3.17. The highest BCUT2D eigenvalue weighted by Gasteiger charge is 2.31. The summed E-state index contributed by atoms with van der Waals surface area (Å²) < 4.78 is 33.2. The van der Waals surface area contributed by atoms with Crippen LogP contribution < -0.4 is 4.74 Å². The molecule has 0 bridgehead atoms. The highest BCUT2D eigenvalue weighted by molar-refractivity contribution is 7.91. The maximum Gasteiger partial charge on any atom is 0.252 e. The van der Waals surface area contributed by atoms with E-state index in [9.17, 15) is 13.2 Å². The second kappa shape index (κ2) is 10.1. The van der Waals surface area contributed by atoms with Crippen LogP contribution >= 0.6 is 22.9 Å². The van der Waals surface area contributed by atoms with Crippen LogP contribution in [0.2, 0.25) is 4.34 Å². The number of sulfonamides is 1. The number of carbonyl (C=O) groups is 1. The number of carbonyl (C=O) groups excluding carboxylic acids is 1. The maximum atomic E-state index is 12.7. The van der Waals surface area contributed by atoms with Gasteiger partial charge in [0.1, 0.15) is 16.6 Å². The molecule has 10 heteroatoms. The summed E-state index contributed by atoms with van der Waals surface area (Å²) in [6.45, 7) is 4.69. The lowest BCUT2D eigenvalue weighted by atomic mass is 10.2. The standard InChI is InChI=1S/C20H26ClN3O4S2/c1-16-5-3-4-6-17(16)28-14-13-22(2)15-19(25)23-9-11-24(12-10-23)30(26,27)20-8-7-18(21)29-20/h3-8H,9-15H2,1-2H3. The second-order valence-electron chi connectivity index (χ2n) is 7.20. The molecule has 164 valence electrons. The van der Waals surface area contributed by atoms with Gasteiger partial charge in [-0.15, -0.1) is 11.3 Å². The van der Waals surface area contributed by atoms with Crippen LogP contribution in [0.15, 0.2) is 40.6 Å². The molecule has 0 spiro atoms. The minimum atomic E-state index is -3.55. The molecular weight excluding hydrogens is 446 g/mol. The number of likely N-dealkylation sites (N-methyl/N-ethyl adjacent to an activating group) is 1. The third kappa shape index (κ3) is 5.73. The number of aryl methyl sites for hydroxylation is 1. The molecule has 2 aromatic rings. The summed E-state index contributed by atoms with van der Waals surface area (Å²) in [5.74, 6) is 0.839. The summed E-state index contributed by atoms with van der Waals surface area (Å²) in [5.41, 5.74) is 1.08. The van der Waals surface area contributed by atoms with Crippen molar-refractivity contribution in [1.29, 1.82) is 0 Å². The quantitative estimate of drug-likeness (QED) is 0.591. The first kappa shape index (κ1) is 23.0. The van der Waals surface area contributed by atoms with E-state index in [2.05, 4.69) is 0 Å². The zero-order valence-corrected chi connectivity index (χ0v) is 19.5. The van der Waals surface area contributed by atoms with E-state index >= 15 is 0 Å². The number of thiophene rings is 1. The summed E-state index contributed by atoms with van der Waals surface area (Å²) in [4.78, 5) is 16.2. The monoisotopic (exact) mass is 471 g/mol. The zero-order chi connectivity index (χ0) is 21.7. The molecule has 0 N–H and O–H groups in total. The number of nitrogens with zero attached hydrogens (tertiary/aromatic N) is 3. The van der Waals surface area contributed by atoms with Crippen molar-refractivity contribution >= 4 is 38.9 Å². The Morgan fingerprint density at radius 2 is 1.87 bits per heavy atom. The number of rotatable bonds is 8. The van der Waals surface area contributed by atoms with Crippen molar-refractivity contribution in [2.24, 2.45) is 0 Å². The van der Waals surface area contributed by atoms with E-state index in [0.29, 0.717) is 30.6 Å². The molecule has 0 unspecified atom stereocenters. The van der Waals surface area contributed by atoms with E-state index in [1.165, 1.54) is 10.4 Å². The minimum absolute atomic E-state index is 0.00962. The molecule has 1 aromatic heterocycles. The van der Waals surface area contributed by atoms with Gasteiger partial charge < -0.3 is 9.64 Å². The molecule has 1 aliphatic heterocycles. The molecule has 1 saturated heterocycles. The summed E-state index contributed by atoms with van der Waals surface area (Å²) in [5, 5.41) is 0. The number of hydrogen-bond donors (Lipinski definition) is 0. The Kier molecular flexibility index (Phi) is 7.75. The number of ether oxygens (including phenoxy) is 1. The minimum Gasteiger partial charge on any atom is -0.492 e. The van der Waals surface area contributed by atoms with Crippen molar-refractivity contribution in [3.8, 4) is 5.75 Å². The van der Waals surface area contributed by atoms with E-state index < -0.39 is 10.0 Å². The highest BCUT2D eigenvalue weighted by atomic mass is 35.5. The predicted molar refractivity (Wildman–Crippen MR) is 119 cm³/mol. The van der Waals surface area contributed by atoms with Crippen LogP contribution in [-0.2, 0) is 14.8 Å². The lowest BCUT2D eigenvalue weighted by molar-refractivity contribution is -0.133. The first-order valence-corrected chi connectivity index (χ1v) is 12.3. The molecule has 1 fully saturated rings. The van der Waals surface area contributed by atoms with Crippen molar-refractivity contribution in [2.45, 2.75) is 11.1 Å². The molecule has 30 heavy (non-hydrogen) atoms. The highest BCUT2D eigenvalue weighted by Crippen LogP contribution is 2.28. The molecule has 1 aliphatic rings. The van der Waals surface area contributed by atoms with Crippen LogP contribution in [0.3, 0.4) is 0 Å². The first-order chi connectivity index (χ1) is 14.3. The predicted octanol–water partition coefficient (Wildman–Crippen LogP) is 2.55. The molecular formula is C20H26ClN3O4S2. The van der Waals surface area contributed by atoms with Crippen LogP contribution in [0.25, 0.3) is 0 Å². The van der Waals surface area contributed by atoms with Gasteiger partial charge in [0.2, 0.25) is 5.91 Å². The Hall–Kier alpha value is -1.65. The van der Waals surface area contributed by atoms with Gasteiger partial charge in [0.05, 0.1) is 10.9 Å². The molecule has 0 atom stereocenters. The lowest BCUT2D eigenvalue weighted by Gasteiger charge is -2.34. The Morgan fingerprint density at radius 3 is 2.50 bits per heavy atom. The fraction of sp³-hybridized carbons (Fsp3) is 0.450. The molecule has 3 rings (SSSR count). The van der Waals surface area contributed by atoms with E-state index in [4.69, 9.17) is 16.3 Å². The average molecular weight is 472 g/mol. The number of hydrogen-bond acceptors (Lipinski definition) is 6. The number of para-hydroxylation sites is 1. The number of amides is 1. The van der Waals surface area contributed by atoms with Crippen molar-refractivity contribution < 1.29 is 17.9 Å². The number of halogens is 1. The van der Waals surface area contributed by atoms with Crippen molar-refractivity contribution in [3.63, 3.8) is 0 Å². The molecule has 1 aromatic carbocycles. The Balaban J connectivity index is 1.43. The second-order valence-corrected chi connectivity index (χ2v) is 11.1. The van der Waals surface area contributed by atoms with Gasteiger partial charge in [-0.3, -0.25) is 9.69 Å². The third-order valence-corrected chi connectivity index (χ3v) is 8.56. The van der Waals surface area contributed by atoms with E-state index in [0.717, 1.165) is 22.6 Å². The molecule has 2 heterocycles. The van der Waals surface area contributed by atoms with E-state index in [1.54, 1.807) is 11.0 Å². The van der Waals surface area contributed by atoms with Gasteiger partial charge in [-0.2, -0.15) is 4.31 Å². The van der Waals surface area contributed by atoms with Crippen LogP contribution in [0.5, 0.6) is 5.75 Å². The third-order valence-electron chi connectivity index (χ3n) is 4.96. The Bertz CT molecular complexity index is 972. The summed E-state index contributed by atoms with van der Waals surface area (Å²) >= 11 is 6.91. The molecule has 0 aliphatic carbocycles. The smallest absolute Gasteiger partial charge is 0.252 e. The fourth-order valence-electron chi connectivity index (χ4n) is 3.18. The van der Waals surface area contributed by atoms with Crippen LogP contribution in [0, 0.1) is 6.92 Å². The largest absolute Gasteiger partial charge is 0.492 e. The Labute approximate surface area is 186 Å². The van der Waals surface area contributed by atoms with E-state index in [-0.39, 0.29) is 29.8 Å². The Morgan fingerprint density at radius 1 is 1.17 bits per heavy atom. The van der Waals surface area contributed by atoms with Gasteiger partial charge in [0.25, 0.3) is 10.0 Å². The number of benzene rings is 1. The number of piperazine rings is 1. The van der Waals surface area contributed by atoms with Gasteiger partial charge >= 0.3 is 0 Å². The lowest BCUT2D eigenvalue weighted by Crippen LogP contribution is -2.52. The summed E-state index contributed by atoms with van der Waals surface area (Å²) in [7, 11) is -1.68. The SMILES string of the molecule is Cc1ccccc1OCCN(C)CC(=O)N1CCN(S(=O)(=O)c2ccc(Cl)s2)CC1. The van der Waals surface area contributed by atoms with Crippen molar-refractivity contribution in [2.75, 3.05) is 52.9 Å². The van der Waals surface area contributed by atoms with Gasteiger partial charge in [-0.05, 0) is 37.7 Å². The topological polar surface area (TPSA) is 70.2 Å². The molecule has 7 nitrogen and oxygen atoms in total. The van der Waals surface area contributed by atoms with Crippen LogP contribution in [-0.4, -0.2) is 81.4 Å². The van der Waals surface area contributed by atoms with E-state index in [1.807, 2.05) is 43.1 Å². The van der Waals surface area contributed by atoms with Crippen molar-refractivity contribution in [3.05, 3.63) is 46.3 Å². The van der Waals surface area contributed by atoms with Crippen LogP contribution in [0.4, 0.5) is 0 Å². The molecule has 0 radical (unpaired) electrons. The van der Waals surface area contributed by atoms with Crippen LogP contribution in [0.1, 0.15) is 5.56 Å². The van der Waals surface area contributed by atoms with Gasteiger partial charge in [0.15, 0.2) is 0 Å². The van der Waals surface area contributed by atoms with Crippen molar-refractivity contribution in [1.82, 2.24) is 14.1 Å². The normalized spacial score (nSPS) is 15.5. The maximum absolute atomic E-state index is 12.7. The summed E-state index contributed by atoms with van der Waals surface area (Å²) in [6, 6.07) is 10.9. The van der Waals surface area contributed by atoms with Gasteiger partial charge in [-0.1, -0.05) is 29.8 Å². The first-order valence-electron chi connectivity index (χ1n) is 9.67. The molecule has 1 amide bonds. The fourth-order valence-corrected chi connectivity index (χ4v) is 6.24.